The molecule has 0 heterocycles. The van der Waals surface area contributed by atoms with E-state index >= 15 is 0 Å². The molecule has 0 aliphatic carbocycles. The van der Waals surface area contributed by atoms with E-state index in [9.17, 15) is 4.79 Å². The summed E-state index contributed by atoms with van der Waals surface area (Å²) in [6.45, 7) is 0.500. The maximum absolute atomic E-state index is 11.1. The lowest BCUT2D eigenvalue weighted by Crippen LogP contribution is -2.23. The maximum atomic E-state index is 11.1. The lowest BCUT2D eigenvalue weighted by molar-refractivity contribution is 0.112. The number of nitrogens with zero attached hydrogens (tertiary/aromatic N) is 2. The summed E-state index contributed by atoms with van der Waals surface area (Å²) < 4.78 is 0. The molecule has 1 N–H and O–H groups in total. The number of anilines is 3. The Morgan fingerprint density at radius 3 is 2.21 bits per heavy atom. The Kier molecular flexibility index (Phi) is 6.86. The molecule has 4 rings (SSSR count). The average Bonchev–Trinajstić information content (AvgIpc) is 2.88. The molecule has 0 aliphatic rings. The van der Waals surface area contributed by atoms with Crippen molar-refractivity contribution in [1.29, 1.82) is 5.41 Å². The number of hydrogen-bond acceptors (Lipinski definition) is 3. The highest BCUT2D eigenvalue weighted by Gasteiger charge is 2.15. The van der Waals surface area contributed by atoms with Crippen molar-refractivity contribution in [3.05, 3.63) is 113 Å². The molecule has 0 amide bonds. The van der Waals surface area contributed by atoms with Crippen LogP contribution in [0, 0.1) is 5.41 Å². The van der Waals surface area contributed by atoms with E-state index in [0.717, 1.165) is 40.0 Å². The minimum Gasteiger partial charge on any atom is -0.343 e. The zero-order valence-electron chi connectivity index (χ0n) is 18.3. The summed E-state index contributed by atoms with van der Waals surface area (Å²) in [5, 5.41) is 8.72. The van der Waals surface area contributed by atoms with Gasteiger partial charge in [-0.1, -0.05) is 72.3 Å². The van der Waals surface area contributed by atoms with Gasteiger partial charge in [0.2, 0.25) is 0 Å². The van der Waals surface area contributed by atoms with Crippen molar-refractivity contribution in [3.63, 3.8) is 0 Å². The van der Waals surface area contributed by atoms with E-state index < -0.39 is 0 Å². The SMILES string of the molecule is CN(c1ccc(-c2cccc(C=O)c2)cc1)c1ccccc1N(C=N)Cc1ccccc1Cl. The molecule has 0 atom stereocenters. The van der Waals surface area contributed by atoms with E-state index in [2.05, 4.69) is 29.2 Å². The van der Waals surface area contributed by atoms with Crippen molar-refractivity contribution in [2.24, 2.45) is 0 Å². The van der Waals surface area contributed by atoms with Crippen LogP contribution in [0.5, 0.6) is 0 Å². The molecule has 0 aromatic heterocycles. The Labute approximate surface area is 199 Å². The Morgan fingerprint density at radius 2 is 1.52 bits per heavy atom. The van der Waals surface area contributed by atoms with Crippen LogP contribution >= 0.6 is 11.6 Å². The summed E-state index contributed by atoms with van der Waals surface area (Å²) in [5.74, 6) is 0. The van der Waals surface area contributed by atoms with Crippen molar-refractivity contribution in [1.82, 2.24) is 0 Å². The molecular weight excluding hydrogens is 430 g/mol. The number of para-hydroxylation sites is 2. The molecule has 0 spiro atoms. The Bertz CT molecular complexity index is 1270. The third-order valence-electron chi connectivity index (χ3n) is 5.62. The maximum Gasteiger partial charge on any atom is 0.150 e. The molecule has 4 aromatic carbocycles. The summed E-state index contributed by atoms with van der Waals surface area (Å²) in [6, 6.07) is 31.5. The normalized spacial score (nSPS) is 10.5. The first-order chi connectivity index (χ1) is 16.1. The lowest BCUT2D eigenvalue weighted by atomic mass is 10.0. The van der Waals surface area contributed by atoms with Crippen LogP contribution in [0.25, 0.3) is 11.1 Å². The largest absolute Gasteiger partial charge is 0.343 e. The van der Waals surface area contributed by atoms with Crippen LogP contribution in [0.2, 0.25) is 5.02 Å². The molecule has 164 valence electrons. The molecular formula is C28H24ClN3O. The molecule has 4 aromatic rings. The molecule has 33 heavy (non-hydrogen) atoms. The zero-order chi connectivity index (χ0) is 23.2. The smallest absolute Gasteiger partial charge is 0.150 e. The Hall–Kier alpha value is -3.89. The van der Waals surface area contributed by atoms with E-state index in [1.54, 1.807) is 6.07 Å². The van der Waals surface area contributed by atoms with Crippen LogP contribution < -0.4 is 9.80 Å². The van der Waals surface area contributed by atoms with Gasteiger partial charge in [-0.3, -0.25) is 10.2 Å². The van der Waals surface area contributed by atoms with Crippen LogP contribution in [0.15, 0.2) is 97.1 Å². The highest BCUT2D eigenvalue weighted by Crippen LogP contribution is 2.35. The molecule has 0 bridgehead atoms. The summed E-state index contributed by atoms with van der Waals surface area (Å²) in [7, 11) is 2.01. The second-order valence-corrected chi connectivity index (χ2v) is 8.09. The molecule has 0 aliphatic heterocycles. The number of nitrogens with one attached hydrogen (secondary N) is 1. The van der Waals surface area contributed by atoms with Crippen molar-refractivity contribution in [3.8, 4) is 11.1 Å². The highest BCUT2D eigenvalue weighted by atomic mass is 35.5. The fourth-order valence-corrected chi connectivity index (χ4v) is 4.00. The first kappa shape index (κ1) is 22.3. The average molecular weight is 454 g/mol. The highest BCUT2D eigenvalue weighted by molar-refractivity contribution is 6.31. The Morgan fingerprint density at radius 1 is 0.818 bits per heavy atom. The number of rotatable bonds is 8. The van der Waals surface area contributed by atoms with Crippen LogP contribution in [0.4, 0.5) is 17.1 Å². The third-order valence-corrected chi connectivity index (χ3v) is 5.99. The van der Waals surface area contributed by atoms with Crippen molar-refractivity contribution >= 4 is 41.3 Å². The fourth-order valence-electron chi connectivity index (χ4n) is 3.81. The number of carbonyl (C=O) groups excluding carboxylic acids is 1. The summed E-state index contributed by atoms with van der Waals surface area (Å²) in [5.41, 5.74) is 6.57. The first-order valence-electron chi connectivity index (χ1n) is 10.6. The van der Waals surface area contributed by atoms with Gasteiger partial charge in [0, 0.05) is 23.3 Å². The van der Waals surface area contributed by atoms with Crippen molar-refractivity contribution in [2.45, 2.75) is 6.54 Å². The van der Waals surface area contributed by atoms with E-state index in [1.165, 1.54) is 6.34 Å². The Balaban J connectivity index is 1.62. The molecule has 4 nitrogen and oxygen atoms in total. The topological polar surface area (TPSA) is 47.4 Å². The summed E-state index contributed by atoms with van der Waals surface area (Å²) in [6.07, 6.45) is 2.19. The summed E-state index contributed by atoms with van der Waals surface area (Å²) >= 11 is 6.36. The van der Waals surface area contributed by atoms with Crippen LogP contribution in [-0.4, -0.2) is 19.7 Å². The number of aldehydes is 1. The lowest BCUT2D eigenvalue weighted by Gasteiger charge is -2.28. The predicted octanol–water partition coefficient (Wildman–Crippen LogP) is 7.20. The van der Waals surface area contributed by atoms with Crippen molar-refractivity contribution < 1.29 is 4.79 Å². The van der Waals surface area contributed by atoms with Gasteiger partial charge in [-0.2, -0.15) is 0 Å². The van der Waals surface area contributed by atoms with E-state index in [4.69, 9.17) is 17.0 Å². The third kappa shape index (κ3) is 4.97. The van der Waals surface area contributed by atoms with Gasteiger partial charge in [-0.05, 0) is 53.1 Å². The van der Waals surface area contributed by atoms with E-state index in [0.29, 0.717) is 17.1 Å². The van der Waals surface area contributed by atoms with Gasteiger partial charge in [0.15, 0.2) is 0 Å². The predicted molar refractivity (Wildman–Crippen MR) is 138 cm³/mol. The monoisotopic (exact) mass is 453 g/mol. The first-order valence-corrected chi connectivity index (χ1v) is 11.0. The minimum atomic E-state index is 0.500. The van der Waals surface area contributed by atoms with E-state index in [-0.39, 0.29) is 0 Å². The molecule has 5 heteroatoms. The van der Waals surface area contributed by atoms with Gasteiger partial charge >= 0.3 is 0 Å². The van der Waals surface area contributed by atoms with Crippen LogP contribution in [0.3, 0.4) is 0 Å². The van der Waals surface area contributed by atoms with Crippen molar-refractivity contribution in [2.75, 3.05) is 16.8 Å². The quantitative estimate of drug-likeness (QED) is 0.174. The summed E-state index contributed by atoms with van der Waals surface area (Å²) in [4.78, 5) is 15.1. The van der Waals surface area contributed by atoms with Crippen LogP contribution in [-0.2, 0) is 6.54 Å². The molecule has 0 saturated carbocycles. The molecule has 0 saturated heterocycles. The van der Waals surface area contributed by atoms with Gasteiger partial charge < -0.3 is 9.80 Å². The number of halogens is 1. The molecule has 0 fully saturated rings. The van der Waals surface area contributed by atoms with E-state index in [1.807, 2.05) is 78.7 Å². The van der Waals surface area contributed by atoms with Gasteiger partial charge in [0.25, 0.3) is 0 Å². The van der Waals surface area contributed by atoms with Gasteiger partial charge in [0.1, 0.15) is 6.29 Å². The molecule has 0 radical (unpaired) electrons. The van der Waals surface area contributed by atoms with Gasteiger partial charge in [-0.15, -0.1) is 0 Å². The fraction of sp³-hybridized carbons (Fsp3) is 0.0714. The second kappa shape index (κ2) is 10.2. The second-order valence-electron chi connectivity index (χ2n) is 7.69. The van der Waals surface area contributed by atoms with Gasteiger partial charge in [-0.25, -0.2) is 0 Å². The van der Waals surface area contributed by atoms with Gasteiger partial charge in [0.05, 0.1) is 24.3 Å². The minimum absolute atomic E-state index is 0.500. The molecule has 0 unspecified atom stereocenters. The van der Waals surface area contributed by atoms with Crippen LogP contribution in [0.1, 0.15) is 15.9 Å². The number of benzene rings is 4. The standard InChI is InChI=1S/C28H24ClN3O/c1-31(25-15-13-22(14-16-25)23-9-6-7-21(17-23)19-33)27-11-4-5-12-28(27)32(20-30)18-24-8-2-3-10-26(24)29/h2-17,19-20,30H,18H2,1H3. The number of hydrogen-bond donors (Lipinski definition) is 1. The number of carbonyl (C=O) groups is 1. The zero-order valence-corrected chi connectivity index (χ0v) is 19.0.